The number of likely N-dealkylation sites (tertiary alicyclic amines) is 1. The third-order valence-electron chi connectivity index (χ3n) is 5.50. The van der Waals surface area contributed by atoms with Gasteiger partial charge in [0.1, 0.15) is 10.8 Å². The Morgan fingerprint density at radius 2 is 1.79 bits per heavy atom. The molecule has 1 aromatic heterocycles. The number of nitrogens with zero attached hydrogens (tertiary/aromatic N) is 2. The molecule has 4 nitrogen and oxygen atoms in total. The number of para-hydroxylation sites is 1. The monoisotopic (exact) mass is 395 g/mol. The molecule has 1 aliphatic heterocycles. The molecule has 0 bridgehead atoms. The standard InChI is InChI=1S/C22H22FN3OS/c23-19-7-3-1-5-16(19)13-26-14-18(17-6-2-4-8-20(17)26)22(28)25-11-9-15(10-12-25)21(24)27/h1-8,14-15H,9-13H2,(H2,24,27). The Morgan fingerprint density at radius 1 is 1.11 bits per heavy atom. The van der Waals surface area contributed by atoms with Crippen molar-refractivity contribution in [3.63, 3.8) is 0 Å². The van der Waals surface area contributed by atoms with Crippen LogP contribution in [-0.2, 0) is 11.3 Å². The summed E-state index contributed by atoms with van der Waals surface area (Å²) in [6.45, 7) is 1.89. The number of fused-ring (bicyclic) bond motifs is 1. The molecular weight excluding hydrogens is 373 g/mol. The SMILES string of the molecule is NC(=O)C1CCN(C(=S)c2cn(Cc3ccccc3F)c3ccccc23)CC1. The second kappa shape index (κ2) is 7.72. The second-order valence-electron chi connectivity index (χ2n) is 7.25. The topological polar surface area (TPSA) is 51.3 Å². The highest BCUT2D eigenvalue weighted by Crippen LogP contribution is 2.27. The van der Waals surface area contributed by atoms with Crippen LogP contribution in [0.1, 0.15) is 24.0 Å². The summed E-state index contributed by atoms with van der Waals surface area (Å²) in [5, 5.41) is 1.06. The molecule has 0 spiro atoms. The number of rotatable bonds is 4. The van der Waals surface area contributed by atoms with E-state index in [9.17, 15) is 9.18 Å². The van der Waals surface area contributed by atoms with E-state index in [1.807, 2.05) is 41.1 Å². The largest absolute Gasteiger partial charge is 0.369 e. The number of aromatic nitrogens is 1. The first kappa shape index (κ1) is 18.6. The molecule has 0 saturated carbocycles. The minimum Gasteiger partial charge on any atom is -0.369 e. The molecule has 2 aromatic carbocycles. The fraction of sp³-hybridized carbons (Fsp3) is 0.273. The van der Waals surface area contributed by atoms with Crippen molar-refractivity contribution in [1.82, 2.24) is 9.47 Å². The predicted octanol–water partition coefficient (Wildman–Crippen LogP) is 3.70. The molecule has 0 radical (unpaired) electrons. The molecule has 1 aliphatic rings. The first-order chi connectivity index (χ1) is 13.5. The van der Waals surface area contributed by atoms with Crippen LogP contribution in [0.2, 0.25) is 0 Å². The Labute approximate surface area is 168 Å². The van der Waals surface area contributed by atoms with E-state index in [2.05, 4.69) is 4.90 Å². The highest BCUT2D eigenvalue weighted by Gasteiger charge is 2.26. The van der Waals surface area contributed by atoms with E-state index >= 15 is 0 Å². The number of benzene rings is 2. The summed E-state index contributed by atoms with van der Waals surface area (Å²) in [4.78, 5) is 14.3. The quantitative estimate of drug-likeness (QED) is 0.686. The molecule has 1 amide bonds. The third-order valence-corrected chi connectivity index (χ3v) is 5.98. The molecule has 2 heterocycles. The van der Waals surface area contributed by atoms with Gasteiger partial charge in [0.2, 0.25) is 5.91 Å². The summed E-state index contributed by atoms with van der Waals surface area (Å²) in [5.41, 5.74) is 8.08. The smallest absolute Gasteiger partial charge is 0.220 e. The molecule has 3 aromatic rings. The van der Waals surface area contributed by atoms with Gasteiger partial charge in [-0.2, -0.15) is 0 Å². The fourth-order valence-electron chi connectivity index (χ4n) is 3.90. The maximum absolute atomic E-state index is 14.1. The van der Waals surface area contributed by atoms with Crippen LogP contribution in [0.4, 0.5) is 4.39 Å². The van der Waals surface area contributed by atoms with Gasteiger partial charge < -0.3 is 15.2 Å². The average Bonchev–Trinajstić information content (AvgIpc) is 3.08. The minimum absolute atomic E-state index is 0.0681. The van der Waals surface area contributed by atoms with Crippen molar-refractivity contribution in [2.75, 3.05) is 13.1 Å². The molecule has 2 N–H and O–H groups in total. The third kappa shape index (κ3) is 3.52. The lowest BCUT2D eigenvalue weighted by Crippen LogP contribution is -2.41. The Bertz CT molecular complexity index is 1040. The van der Waals surface area contributed by atoms with Crippen LogP contribution in [-0.4, -0.2) is 33.5 Å². The van der Waals surface area contributed by atoms with E-state index in [1.165, 1.54) is 6.07 Å². The lowest BCUT2D eigenvalue weighted by molar-refractivity contribution is -0.122. The summed E-state index contributed by atoms with van der Waals surface area (Å²) in [6, 6.07) is 14.9. The minimum atomic E-state index is -0.230. The first-order valence-electron chi connectivity index (χ1n) is 9.44. The number of hydrogen-bond donors (Lipinski definition) is 1. The molecule has 4 rings (SSSR count). The van der Waals surface area contributed by atoms with Crippen molar-refractivity contribution < 1.29 is 9.18 Å². The van der Waals surface area contributed by atoms with E-state index in [4.69, 9.17) is 18.0 Å². The Morgan fingerprint density at radius 3 is 2.50 bits per heavy atom. The van der Waals surface area contributed by atoms with Crippen molar-refractivity contribution >= 4 is 34.0 Å². The molecule has 6 heteroatoms. The maximum Gasteiger partial charge on any atom is 0.220 e. The Hall–Kier alpha value is -2.73. The molecule has 1 fully saturated rings. The van der Waals surface area contributed by atoms with E-state index in [0.29, 0.717) is 12.1 Å². The van der Waals surface area contributed by atoms with Gasteiger partial charge in [0.15, 0.2) is 0 Å². The molecule has 144 valence electrons. The number of halogens is 1. The second-order valence-corrected chi connectivity index (χ2v) is 7.63. The summed E-state index contributed by atoms with van der Waals surface area (Å²) in [5.74, 6) is -0.508. The van der Waals surface area contributed by atoms with Crippen LogP contribution < -0.4 is 5.73 Å². The number of nitrogens with two attached hydrogens (primary N) is 1. The van der Waals surface area contributed by atoms with Gasteiger partial charge in [-0.1, -0.05) is 48.6 Å². The van der Waals surface area contributed by atoms with Gasteiger partial charge in [-0.05, 0) is 25.0 Å². The van der Waals surface area contributed by atoms with Gasteiger partial charge in [0.05, 0.1) is 6.54 Å². The molecule has 28 heavy (non-hydrogen) atoms. The number of carbonyl (C=O) groups is 1. The number of piperidine rings is 1. The van der Waals surface area contributed by atoms with E-state index < -0.39 is 0 Å². The predicted molar refractivity (Wildman–Crippen MR) is 113 cm³/mol. The fourth-order valence-corrected chi connectivity index (χ4v) is 4.24. The van der Waals surface area contributed by atoms with Gasteiger partial charge in [-0.15, -0.1) is 0 Å². The molecular formula is C22H22FN3OS. The lowest BCUT2D eigenvalue weighted by atomic mass is 9.96. The Balaban J connectivity index is 1.64. The lowest BCUT2D eigenvalue weighted by Gasteiger charge is -2.32. The molecule has 0 atom stereocenters. The number of primary amides is 1. The van der Waals surface area contributed by atoms with Crippen molar-refractivity contribution in [2.45, 2.75) is 19.4 Å². The number of hydrogen-bond acceptors (Lipinski definition) is 2. The summed E-state index contributed by atoms with van der Waals surface area (Å²) in [7, 11) is 0. The van der Waals surface area contributed by atoms with Crippen molar-refractivity contribution in [1.29, 1.82) is 0 Å². The van der Waals surface area contributed by atoms with Crippen LogP contribution in [0, 0.1) is 11.7 Å². The summed E-state index contributed by atoms with van der Waals surface area (Å²) >= 11 is 5.80. The Kier molecular flexibility index (Phi) is 5.13. The van der Waals surface area contributed by atoms with Crippen LogP contribution in [0.15, 0.2) is 54.7 Å². The van der Waals surface area contributed by atoms with Crippen molar-refractivity contribution in [3.8, 4) is 0 Å². The van der Waals surface area contributed by atoms with E-state index in [-0.39, 0.29) is 17.6 Å². The zero-order valence-corrected chi connectivity index (χ0v) is 16.3. The van der Waals surface area contributed by atoms with Gasteiger partial charge in [-0.3, -0.25) is 4.79 Å². The van der Waals surface area contributed by atoms with Crippen LogP contribution in [0.5, 0.6) is 0 Å². The number of amides is 1. The molecule has 0 aliphatic carbocycles. The molecule has 0 unspecified atom stereocenters. The van der Waals surface area contributed by atoms with Crippen molar-refractivity contribution in [2.24, 2.45) is 11.7 Å². The summed E-state index contributed by atoms with van der Waals surface area (Å²) in [6.07, 6.45) is 3.46. The first-order valence-corrected chi connectivity index (χ1v) is 9.85. The molecule has 1 saturated heterocycles. The van der Waals surface area contributed by atoms with E-state index in [0.717, 1.165) is 47.4 Å². The zero-order valence-electron chi connectivity index (χ0n) is 15.5. The van der Waals surface area contributed by atoms with Crippen LogP contribution >= 0.6 is 12.2 Å². The maximum atomic E-state index is 14.1. The van der Waals surface area contributed by atoms with Gasteiger partial charge in [0, 0.05) is 47.2 Å². The average molecular weight is 396 g/mol. The van der Waals surface area contributed by atoms with Crippen LogP contribution in [0.25, 0.3) is 10.9 Å². The zero-order chi connectivity index (χ0) is 19.7. The van der Waals surface area contributed by atoms with E-state index in [1.54, 1.807) is 12.1 Å². The highest BCUT2D eigenvalue weighted by molar-refractivity contribution is 7.80. The van der Waals surface area contributed by atoms with Gasteiger partial charge in [-0.25, -0.2) is 4.39 Å². The number of thiocarbonyl (C=S) groups is 1. The van der Waals surface area contributed by atoms with Gasteiger partial charge in [0.25, 0.3) is 0 Å². The highest BCUT2D eigenvalue weighted by atomic mass is 32.1. The summed E-state index contributed by atoms with van der Waals surface area (Å²) < 4.78 is 16.2. The van der Waals surface area contributed by atoms with Crippen molar-refractivity contribution in [3.05, 3.63) is 71.7 Å². The number of carbonyl (C=O) groups excluding carboxylic acids is 1. The van der Waals surface area contributed by atoms with Crippen LogP contribution in [0.3, 0.4) is 0 Å². The van der Waals surface area contributed by atoms with Gasteiger partial charge >= 0.3 is 0 Å². The normalized spacial score (nSPS) is 15.1.